The molecule has 5 N–H and O–H groups in total. The highest BCUT2D eigenvalue weighted by molar-refractivity contribution is 5.85. The largest absolute Gasteiger partial charge is 0.416 e. The van der Waals surface area contributed by atoms with Gasteiger partial charge in [-0.2, -0.15) is 26.3 Å². The minimum Gasteiger partial charge on any atom is -0.328 e. The maximum atomic E-state index is 12.7. The van der Waals surface area contributed by atoms with Gasteiger partial charge in [-0.1, -0.05) is 0 Å². The number of halogens is 7. The van der Waals surface area contributed by atoms with Crippen molar-refractivity contribution in [2.45, 2.75) is 50.7 Å². The first-order valence-electron chi connectivity index (χ1n) is 7.40. The minimum absolute atomic E-state index is 0. The SMILES string of the molecule is CC(N)CC[C@H](N)CNCc1cc(C(F)(F)F)cc(C(F)(F)F)c1.Cl. The van der Waals surface area contributed by atoms with E-state index in [0.717, 1.165) is 0 Å². The van der Waals surface area contributed by atoms with Crippen molar-refractivity contribution >= 4 is 12.4 Å². The van der Waals surface area contributed by atoms with Crippen molar-refractivity contribution in [2.75, 3.05) is 6.54 Å². The Balaban J connectivity index is 0.00000576. The Kier molecular flexibility index (Phi) is 9.21. The van der Waals surface area contributed by atoms with E-state index in [-0.39, 0.29) is 49.2 Å². The van der Waals surface area contributed by atoms with E-state index in [1.165, 1.54) is 0 Å². The van der Waals surface area contributed by atoms with Crippen molar-refractivity contribution in [3.63, 3.8) is 0 Å². The predicted molar refractivity (Wildman–Crippen MR) is 86.3 cm³/mol. The second-order valence-corrected chi connectivity index (χ2v) is 5.86. The van der Waals surface area contributed by atoms with Crippen LogP contribution in [0.1, 0.15) is 36.5 Å². The van der Waals surface area contributed by atoms with Crippen molar-refractivity contribution in [3.8, 4) is 0 Å². The number of nitrogens with two attached hydrogens (primary N) is 2. The first kappa shape index (κ1) is 24.0. The number of rotatable bonds is 7. The van der Waals surface area contributed by atoms with Gasteiger partial charge in [0.2, 0.25) is 0 Å². The Hall–Kier alpha value is -1.03. The van der Waals surface area contributed by atoms with Gasteiger partial charge in [-0.25, -0.2) is 0 Å². The number of nitrogens with one attached hydrogen (secondary N) is 1. The van der Waals surface area contributed by atoms with Crippen LogP contribution in [0.5, 0.6) is 0 Å². The molecule has 1 aromatic carbocycles. The van der Waals surface area contributed by atoms with Gasteiger partial charge in [0.1, 0.15) is 0 Å². The molecule has 0 heterocycles. The zero-order valence-corrected chi connectivity index (χ0v) is 14.4. The first-order chi connectivity index (χ1) is 10.9. The molecule has 0 saturated heterocycles. The third-order valence-corrected chi connectivity index (χ3v) is 3.38. The van der Waals surface area contributed by atoms with E-state index >= 15 is 0 Å². The molecule has 1 rings (SSSR count). The summed E-state index contributed by atoms with van der Waals surface area (Å²) in [6.45, 7) is 1.95. The van der Waals surface area contributed by atoms with Gasteiger partial charge >= 0.3 is 12.4 Å². The highest BCUT2D eigenvalue weighted by atomic mass is 35.5. The lowest BCUT2D eigenvalue weighted by Gasteiger charge is -2.16. The van der Waals surface area contributed by atoms with Gasteiger partial charge in [0.25, 0.3) is 0 Å². The summed E-state index contributed by atoms with van der Waals surface area (Å²) in [7, 11) is 0. The van der Waals surface area contributed by atoms with Crippen LogP contribution in [-0.4, -0.2) is 18.6 Å². The van der Waals surface area contributed by atoms with Crippen molar-refractivity contribution in [3.05, 3.63) is 34.9 Å². The molecular weight excluding hydrogens is 372 g/mol. The highest BCUT2D eigenvalue weighted by Crippen LogP contribution is 2.36. The molecule has 0 aliphatic heterocycles. The monoisotopic (exact) mass is 393 g/mol. The van der Waals surface area contributed by atoms with Gasteiger partial charge < -0.3 is 16.8 Å². The van der Waals surface area contributed by atoms with Gasteiger partial charge in [0.15, 0.2) is 0 Å². The number of benzene rings is 1. The molecule has 0 aliphatic carbocycles. The van der Waals surface area contributed by atoms with E-state index in [0.29, 0.717) is 25.0 Å². The van der Waals surface area contributed by atoms with Crippen LogP contribution in [0.2, 0.25) is 0 Å². The fourth-order valence-electron chi connectivity index (χ4n) is 2.10. The van der Waals surface area contributed by atoms with Gasteiger partial charge in [0, 0.05) is 25.2 Å². The van der Waals surface area contributed by atoms with Crippen LogP contribution in [-0.2, 0) is 18.9 Å². The summed E-state index contributed by atoms with van der Waals surface area (Å²) in [4.78, 5) is 0. The molecule has 1 unspecified atom stereocenters. The molecule has 0 amide bonds. The number of hydrogen-bond acceptors (Lipinski definition) is 3. The molecule has 1 aromatic rings. The molecule has 0 aromatic heterocycles. The van der Waals surface area contributed by atoms with E-state index in [9.17, 15) is 26.3 Å². The van der Waals surface area contributed by atoms with E-state index < -0.39 is 23.5 Å². The predicted octanol–water partition coefficient (Wildman–Crippen LogP) is 3.69. The van der Waals surface area contributed by atoms with E-state index in [4.69, 9.17) is 11.5 Å². The summed E-state index contributed by atoms with van der Waals surface area (Å²) >= 11 is 0. The fraction of sp³-hybridized carbons (Fsp3) is 0.600. The van der Waals surface area contributed by atoms with Gasteiger partial charge in [-0.3, -0.25) is 0 Å². The van der Waals surface area contributed by atoms with E-state index in [1.807, 2.05) is 6.92 Å². The molecule has 0 bridgehead atoms. The number of hydrogen-bond donors (Lipinski definition) is 3. The topological polar surface area (TPSA) is 64.1 Å². The van der Waals surface area contributed by atoms with Crippen LogP contribution in [0.4, 0.5) is 26.3 Å². The standard InChI is InChI=1S/C15H21F6N3.ClH/c1-9(22)2-3-13(23)8-24-7-10-4-11(14(16,17)18)6-12(5-10)15(19,20)21;/h4-6,9,13,24H,2-3,7-8,22-23H2,1H3;1H/t9?,13-;/m0./s1. The Morgan fingerprint density at radius 3 is 1.80 bits per heavy atom. The average molecular weight is 394 g/mol. The normalized spacial score (nSPS) is 14.8. The van der Waals surface area contributed by atoms with E-state index in [1.54, 1.807) is 0 Å². The zero-order valence-electron chi connectivity index (χ0n) is 13.5. The maximum absolute atomic E-state index is 12.7. The third kappa shape index (κ3) is 8.75. The summed E-state index contributed by atoms with van der Waals surface area (Å²) in [6.07, 6.45) is -8.39. The lowest BCUT2D eigenvalue weighted by atomic mass is 10.0. The van der Waals surface area contributed by atoms with E-state index in [2.05, 4.69) is 5.32 Å². The molecule has 25 heavy (non-hydrogen) atoms. The molecule has 10 heteroatoms. The Labute approximate surface area is 148 Å². The highest BCUT2D eigenvalue weighted by Gasteiger charge is 2.36. The third-order valence-electron chi connectivity index (χ3n) is 3.38. The van der Waals surface area contributed by atoms with Crippen molar-refractivity contribution < 1.29 is 26.3 Å². The maximum Gasteiger partial charge on any atom is 0.416 e. The lowest BCUT2D eigenvalue weighted by molar-refractivity contribution is -0.143. The Morgan fingerprint density at radius 1 is 0.920 bits per heavy atom. The summed E-state index contributed by atoms with van der Waals surface area (Å²) in [5.74, 6) is 0. The van der Waals surface area contributed by atoms with Gasteiger partial charge in [0.05, 0.1) is 11.1 Å². The first-order valence-corrected chi connectivity index (χ1v) is 7.40. The molecule has 0 aliphatic rings. The molecular formula is C15H22ClF6N3. The molecule has 146 valence electrons. The van der Waals surface area contributed by atoms with Gasteiger partial charge in [-0.15, -0.1) is 12.4 Å². The quantitative estimate of drug-likeness (QED) is 0.619. The minimum atomic E-state index is -4.84. The molecule has 2 atom stereocenters. The number of alkyl halides is 6. The molecule has 0 spiro atoms. The summed E-state index contributed by atoms with van der Waals surface area (Å²) in [6, 6.07) is 1.22. The second kappa shape index (κ2) is 9.61. The molecule has 0 fully saturated rings. The zero-order chi connectivity index (χ0) is 18.5. The Morgan fingerprint density at radius 2 is 1.40 bits per heavy atom. The summed E-state index contributed by atoms with van der Waals surface area (Å²) < 4.78 is 76.5. The van der Waals surface area contributed by atoms with Crippen molar-refractivity contribution in [1.82, 2.24) is 5.32 Å². The van der Waals surface area contributed by atoms with Crippen LogP contribution >= 0.6 is 12.4 Å². The van der Waals surface area contributed by atoms with Crippen LogP contribution in [0.25, 0.3) is 0 Å². The van der Waals surface area contributed by atoms with Gasteiger partial charge in [-0.05, 0) is 43.5 Å². The van der Waals surface area contributed by atoms with Crippen LogP contribution < -0.4 is 16.8 Å². The van der Waals surface area contributed by atoms with Crippen molar-refractivity contribution in [1.29, 1.82) is 0 Å². The summed E-state index contributed by atoms with van der Waals surface area (Å²) in [5, 5.41) is 2.78. The van der Waals surface area contributed by atoms with Crippen LogP contribution in [0.3, 0.4) is 0 Å². The second-order valence-electron chi connectivity index (χ2n) is 5.86. The lowest BCUT2D eigenvalue weighted by Crippen LogP contribution is -2.34. The Bertz CT molecular complexity index is 499. The summed E-state index contributed by atoms with van der Waals surface area (Å²) in [5.41, 5.74) is 8.64. The van der Waals surface area contributed by atoms with Crippen LogP contribution in [0.15, 0.2) is 18.2 Å². The molecule has 0 radical (unpaired) electrons. The van der Waals surface area contributed by atoms with Crippen molar-refractivity contribution in [2.24, 2.45) is 11.5 Å². The fourth-order valence-corrected chi connectivity index (χ4v) is 2.10. The van der Waals surface area contributed by atoms with Crippen LogP contribution in [0, 0.1) is 0 Å². The molecule has 0 saturated carbocycles. The average Bonchev–Trinajstić information content (AvgIpc) is 2.43. The smallest absolute Gasteiger partial charge is 0.328 e. The molecule has 3 nitrogen and oxygen atoms in total.